The topological polar surface area (TPSA) is 116 Å². The predicted molar refractivity (Wildman–Crippen MR) is 135 cm³/mol. The molecule has 10 nitrogen and oxygen atoms in total. The van der Waals surface area contributed by atoms with Gasteiger partial charge in [-0.2, -0.15) is 0 Å². The Balaban J connectivity index is 1.47. The van der Waals surface area contributed by atoms with E-state index in [1.807, 2.05) is 37.3 Å². The van der Waals surface area contributed by atoms with Gasteiger partial charge in [0.05, 0.1) is 11.6 Å². The van der Waals surface area contributed by atoms with E-state index in [0.717, 1.165) is 5.69 Å². The molecule has 0 saturated carbocycles. The molecular formula is C26H29N5O5. The predicted octanol–water partition coefficient (Wildman–Crippen LogP) is 2.41. The van der Waals surface area contributed by atoms with Gasteiger partial charge in [0.15, 0.2) is 0 Å². The number of anilines is 1. The molecule has 0 unspecified atom stereocenters. The number of carbonyl (C=O) groups is 3. The van der Waals surface area contributed by atoms with Crippen LogP contribution in [0.3, 0.4) is 0 Å². The number of hydrogen-bond acceptors (Lipinski definition) is 6. The van der Waals surface area contributed by atoms with Crippen LogP contribution < -0.4 is 10.2 Å². The molecule has 2 aliphatic heterocycles. The van der Waals surface area contributed by atoms with Gasteiger partial charge in [0, 0.05) is 43.5 Å². The van der Waals surface area contributed by atoms with E-state index in [0.29, 0.717) is 44.7 Å². The summed E-state index contributed by atoms with van der Waals surface area (Å²) in [6.45, 7) is 3.44. The van der Waals surface area contributed by atoms with E-state index in [4.69, 9.17) is 0 Å². The third kappa shape index (κ3) is 5.07. The standard InChI is InChI=1S/C26H29N5O5/c1-2-27-23(32)18-29-19-30(21-6-4-3-5-7-21)26(25(29)34)14-16-28(17-15-26)24(33)13-10-20-8-11-22(12-9-20)31(35)36/h3-13H,2,14-19H2,1H3,(H,27,32). The summed E-state index contributed by atoms with van der Waals surface area (Å²) < 4.78 is 0. The fourth-order valence-electron chi connectivity index (χ4n) is 4.83. The molecule has 188 valence electrons. The van der Waals surface area contributed by atoms with Crippen molar-refractivity contribution in [2.45, 2.75) is 25.3 Å². The van der Waals surface area contributed by atoms with Gasteiger partial charge in [0.2, 0.25) is 11.8 Å². The number of carbonyl (C=O) groups excluding carboxylic acids is 3. The number of hydrogen-bond donors (Lipinski definition) is 1. The van der Waals surface area contributed by atoms with Crippen molar-refractivity contribution < 1.29 is 19.3 Å². The third-order valence-corrected chi connectivity index (χ3v) is 6.71. The van der Waals surface area contributed by atoms with Crippen LogP contribution in [0.25, 0.3) is 6.08 Å². The summed E-state index contributed by atoms with van der Waals surface area (Å²) in [4.78, 5) is 54.4. The van der Waals surface area contributed by atoms with E-state index < -0.39 is 10.5 Å². The quantitative estimate of drug-likeness (QED) is 0.361. The third-order valence-electron chi connectivity index (χ3n) is 6.71. The lowest BCUT2D eigenvalue weighted by Gasteiger charge is -2.43. The Labute approximate surface area is 209 Å². The van der Waals surface area contributed by atoms with Crippen molar-refractivity contribution in [3.05, 3.63) is 76.4 Å². The van der Waals surface area contributed by atoms with E-state index in [9.17, 15) is 24.5 Å². The largest absolute Gasteiger partial charge is 0.355 e. The summed E-state index contributed by atoms with van der Waals surface area (Å²) in [6, 6.07) is 15.6. The van der Waals surface area contributed by atoms with Gasteiger partial charge in [-0.3, -0.25) is 24.5 Å². The highest BCUT2D eigenvalue weighted by Crippen LogP contribution is 2.39. The normalized spacial score (nSPS) is 17.1. The van der Waals surface area contributed by atoms with Gasteiger partial charge in [0.25, 0.3) is 11.6 Å². The zero-order valence-electron chi connectivity index (χ0n) is 20.1. The summed E-state index contributed by atoms with van der Waals surface area (Å²) in [6.07, 6.45) is 3.97. The van der Waals surface area contributed by atoms with Gasteiger partial charge >= 0.3 is 0 Å². The molecule has 1 N–H and O–H groups in total. The Morgan fingerprint density at radius 1 is 1.08 bits per heavy atom. The SMILES string of the molecule is CCNC(=O)CN1CN(c2ccccc2)C2(CCN(C(=O)C=Cc3ccc([N+](=O)[O-])cc3)CC2)C1=O. The number of benzene rings is 2. The van der Waals surface area contributed by atoms with Crippen molar-refractivity contribution >= 4 is 35.2 Å². The van der Waals surface area contributed by atoms with Crippen molar-refractivity contribution in [1.29, 1.82) is 0 Å². The highest BCUT2D eigenvalue weighted by molar-refractivity contribution is 5.97. The Bertz CT molecular complexity index is 1160. The molecule has 2 heterocycles. The fourth-order valence-corrected chi connectivity index (χ4v) is 4.83. The monoisotopic (exact) mass is 491 g/mol. The molecule has 0 aliphatic carbocycles. The van der Waals surface area contributed by atoms with Crippen molar-refractivity contribution in [2.24, 2.45) is 0 Å². The second kappa shape index (κ2) is 10.6. The van der Waals surface area contributed by atoms with Crippen LogP contribution in [0.1, 0.15) is 25.3 Å². The van der Waals surface area contributed by atoms with Crippen LogP contribution in [-0.2, 0) is 14.4 Å². The van der Waals surface area contributed by atoms with Crippen molar-refractivity contribution in [2.75, 3.05) is 37.7 Å². The van der Waals surface area contributed by atoms with Crippen LogP contribution in [0, 0.1) is 10.1 Å². The second-order valence-corrected chi connectivity index (χ2v) is 8.90. The molecule has 0 bridgehead atoms. The number of likely N-dealkylation sites (tertiary alicyclic amines) is 1. The summed E-state index contributed by atoms with van der Waals surface area (Å²) in [5.74, 6) is -0.467. The maximum absolute atomic E-state index is 13.6. The zero-order chi connectivity index (χ0) is 25.7. The molecule has 3 amide bonds. The Kier molecular flexibility index (Phi) is 7.33. The number of non-ortho nitro benzene ring substituents is 1. The molecule has 2 aliphatic rings. The first-order valence-corrected chi connectivity index (χ1v) is 11.9. The number of piperidine rings is 1. The van der Waals surface area contributed by atoms with E-state index in [2.05, 4.69) is 10.2 Å². The Morgan fingerprint density at radius 2 is 1.75 bits per heavy atom. The summed E-state index contributed by atoms with van der Waals surface area (Å²) in [7, 11) is 0. The minimum atomic E-state index is -0.813. The first-order chi connectivity index (χ1) is 17.3. The highest BCUT2D eigenvalue weighted by atomic mass is 16.6. The molecule has 0 atom stereocenters. The molecule has 2 fully saturated rings. The lowest BCUT2D eigenvalue weighted by atomic mass is 9.85. The van der Waals surface area contributed by atoms with Crippen molar-refractivity contribution in [3.63, 3.8) is 0 Å². The number of para-hydroxylation sites is 1. The first-order valence-electron chi connectivity index (χ1n) is 11.9. The van der Waals surface area contributed by atoms with Crippen LogP contribution in [0.5, 0.6) is 0 Å². The number of likely N-dealkylation sites (N-methyl/N-ethyl adjacent to an activating group) is 1. The lowest BCUT2D eigenvalue weighted by Crippen LogP contribution is -2.57. The van der Waals surface area contributed by atoms with E-state index in [1.165, 1.54) is 18.2 Å². The Morgan fingerprint density at radius 3 is 2.36 bits per heavy atom. The molecule has 1 spiro atoms. The van der Waals surface area contributed by atoms with Gasteiger partial charge in [0.1, 0.15) is 12.1 Å². The molecule has 36 heavy (non-hydrogen) atoms. The molecule has 10 heteroatoms. The summed E-state index contributed by atoms with van der Waals surface area (Å²) >= 11 is 0. The Hall–Kier alpha value is -4.21. The second-order valence-electron chi connectivity index (χ2n) is 8.90. The van der Waals surface area contributed by atoms with Crippen LogP contribution in [0.2, 0.25) is 0 Å². The number of rotatable bonds is 7. The average molecular weight is 492 g/mol. The smallest absolute Gasteiger partial charge is 0.269 e. The number of nitro benzene ring substituents is 1. The first kappa shape index (κ1) is 24.9. The average Bonchev–Trinajstić information content (AvgIpc) is 3.14. The molecule has 2 saturated heterocycles. The van der Waals surface area contributed by atoms with Crippen LogP contribution in [-0.4, -0.2) is 70.8 Å². The van der Waals surface area contributed by atoms with Gasteiger partial charge in [-0.1, -0.05) is 18.2 Å². The van der Waals surface area contributed by atoms with Crippen LogP contribution in [0.4, 0.5) is 11.4 Å². The minimum absolute atomic E-state index is 0.00161. The van der Waals surface area contributed by atoms with Gasteiger partial charge in [-0.15, -0.1) is 0 Å². The van der Waals surface area contributed by atoms with E-state index >= 15 is 0 Å². The van der Waals surface area contributed by atoms with E-state index in [1.54, 1.807) is 28.0 Å². The number of nitrogens with zero attached hydrogens (tertiary/aromatic N) is 4. The van der Waals surface area contributed by atoms with Crippen molar-refractivity contribution in [3.8, 4) is 0 Å². The molecule has 4 rings (SSSR count). The summed E-state index contributed by atoms with van der Waals surface area (Å²) in [5.41, 5.74) is 0.768. The highest BCUT2D eigenvalue weighted by Gasteiger charge is 2.54. The fraction of sp³-hybridized carbons (Fsp3) is 0.346. The molecule has 0 aromatic heterocycles. The maximum Gasteiger partial charge on any atom is 0.269 e. The lowest BCUT2D eigenvalue weighted by molar-refractivity contribution is -0.384. The van der Waals surface area contributed by atoms with Gasteiger partial charge in [-0.05, 0) is 55.7 Å². The zero-order valence-corrected chi connectivity index (χ0v) is 20.1. The van der Waals surface area contributed by atoms with Crippen LogP contribution >= 0.6 is 0 Å². The molecule has 2 aromatic rings. The molecular weight excluding hydrogens is 462 g/mol. The van der Waals surface area contributed by atoms with Gasteiger partial charge < -0.3 is 20.0 Å². The summed E-state index contributed by atoms with van der Waals surface area (Å²) in [5, 5.41) is 13.6. The van der Waals surface area contributed by atoms with Gasteiger partial charge in [-0.25, -0.2) is 0 Å². The van der Waals surface area contributed by atoms with Crippen LogP contribution in [0.15, 0.2) is 60.7 Å². The minimum Gasteiger partial charge on any atom is -0.355 e. The number of amides is 3. The molecule has 2 aromatic carbocycles. The molecule has 0 radical (unpaired) electrons. The number of nitrogens with one attached hydrogen (secondary N) is 1. The van der Waals surface area contributed by atoms with Crippen molar-refractivity contribution in [1.82, 2.24) is 15.1 Å². The van der Waals surface area contributed by atoms with E-state index in [-0.39, 0.29) is 30.0 Å². The number of nitro groups is 1. The maximum atomic E-state index is 13.6.